The van der Waals surface area contributed by atoms with Crippen LogP contribution in [0.1, 0.15) is 47.2 Å². The SMILES string of the molecule is Cc1cc(C)c2c(n1)sc1c2ncn2nc(CCn3nc(C(F)(F)F)c(Cl)c3C3CC3)nc12. The van der Waals surface area contributed by atoms with Gasteiger partial charge in [-0.15, -0.1) is 16.4 Å². The summed E-state index contributed by atoms with van der Waals surface area (Å²) in [5.74, 6) is 0.529. The highest BCUT2D eigenvalue weighted by Gasteiger charge is 2.42. The van der Waals surface area contributed by atoms with E-state index in [1.165, 1.54) is 16.0 Å². The van der Waals surface area contributed by atoms with Crippen LogP contribution >= 0.6 is 22.9 Å². The maximum absolute atomic E-state index is 13.3. The zero-order chi connectivity index (χ0) is 23.1. The van der Waals surface area contributed by atoms with E-state index in [0.717, 1.165) is 44.5 Å². The van der Waals surface area contributed by atoms with Gasteiger partial charge in [-0.1, -0.05) is 11.6 Å². The number of nitrogens with zero attached hydrogens (tertiary/aromatic N) is 7. The lowest BCUT2D eigenvalue weighted by Gasteiger charge is -2.05. The largest absolute Gasteiger partial charge is 0.436 e. The third-order valence-corrected chi connectivity index (χ3v) is 7.29. The molecule has 170 valence electrons. The van der Waals surface area contributed by atoms with Gasteiger partial charge in [0.05, 0.1) is 16.2 Å². The van der Waals surface area contributed by atoms with Crippen molar-refractivity contribution in [2.24, 2.45) is 0 Å². The van der Waals surface area contributed by atoms with Gasteiger partial charge in [0.15, 0.2) is 17.2 Å². The maximum Gasteiger partial charge on any atom is 0.436 e. The number of thiophene rings is 1. The minimum Gasteiger partial charge on any atom is -0.267 e. The third kappa shape index (κ3) is 3.36. The molecule has 1 saturated carbocycles. The first-order valence-electron chi connectivity index (χ1n) is 10.4. The first-order valence-corrected chi connectivity index (χ1v) is 11.6. The average molecular weight is 492 g/mol. The summed E-state index contributed by atoms with van der Waals surface area (Å²) in [6.07, 6.45) is -1.02. The zero-order valence-corrected chi connectivity index (χ0v) is 19.2. The van der Waals surface area contributed by atoms with Crippen molar-refractivity contribution in [1.29, 1.82) is 0 Å². The molecule has 0 amide bonds. The molecule has 5 heterocycles. The van der Waals surface area contributed by atoms with E-state index in [-0.39, 0.29) is 17.5 Å². The van der Waals surface area contributed by atoms with Crippen LogP contribution in [0.25, 0.3) is 26.1 Å². The van der Waals surface area contributed by atoms with E-state index < -0.39 is 11.9 Å². The molecule has 12 heteroatoms. The Hall–Kier alpha value is -2.79. The lowest BCUT2D eigenvalue weighted by Crippen LogP contribution is -2.10. The molecule has 5 aromatic heterocycles. The van der Waals surface area contributed by atoms with Crippen LogP contribution in [-0.4, -0.2) is 34.3 Å². The number of hydrogen-bond donors (Lipinski definition) is 0. The van der Waals surface area contributed by atoms with Crippen molar-refractivity contribution in [3.8, 4) is 0 Å². The lowest BCUT2D eigenvalue weighted by atomic mass is 10.1. The summed E-state index contributed by atoms with van der Waals surface area (Å²) in [7, 11) is 0. The Morgan fingerprint density at radius 2 is 1.97 bits per heavy atom. The van der Waals surface area contributed by atoms with Gasteiger partial charge < -0.3 is 0 Å². The topological polar surface area (TPSA) is 73.8 Å². The molecule has 0 aromatic carbocycles. The van der Waals surface area contributed by atoms with Crippen molar-refractivity contribution in [2.75, 3.05) is 0 Å². The normalized spacial score (nSPS) is 14.8. The molecule has 1 aliphatic rings. The fraction of sp³-hybridized carbons (Fsp3) is 0.381. The summed E-state index contributed by atoms with van der Waals surface area (Å²) < 4.78 is 43.8. The summed E-state index contributed by atoms with van der Waals surface area (Å²) in [5, 5.41) is 8.99. The standard InChI is InChI=1S/C21H17ClF3N7S/c1-9-7-10(2)27-20-13(9)15-17(33-20)19-28-12(29-32(19)8-26-15)5-6-31-16(11-3-4-11)14(22)18(30-31)21(23,24)25/h7-8,11H,3-6H2,1-2H3. The number of fused-ring (bicyclic) bond motifs is 5. The Balaban J connectivity index is 1.38. The molecule has 6 rings (SSSR count). The Morgan fingerprint density at radius 1 is 1.18 bits per heavy atom. The summed E-state index contributed by atoms with van der Waals surface area (Å²) in [6, 6.07) is 2.03. The molecule has 0 atom stereocenters. The van der Waals surface area contributed by atoms with Gasteiger partial charge in [-0.05, 0) is 38.3 Å². The molecule has 0 spiro atoms. The van der Waals surface area contributed by atoms with Crippen LogP contribution < -0.4 is 0 Å². The Morgan fingerprint density at radius 3 is 2.70 bits per heavy atom. The highest BCUT2D eigenvalue weighted by Crippen LogP contribution is 2.47. The van der Waals surface area contributed by atoms with E-state index in [1.807, 2.05) is 19.9 Å². The molecule has 0 aliphatic heterocycles. The van der Waals surface area contributed by atoms with E-state index in [2.05, 4.69) is 25.1 Å². The van der Waals surface area contributed by atoms with Crippen molar-refractivity contribution in [1.82, 2.24) is 34.3 Å². The molecule has 7 nitrogen and oxygen atoms in total. The van der Waals surface area contributed by atoms with Gasteiger partial charge in [-0.2, -0.15) is 18.3 Å². The number of hydrogen-bond acceptors (Lipinski definition) is 6. The molecule has 0 saturated heterocycles. The lowest BCUT2D eigenvalue weighted by molar-refractivity contribution is -0.141. The predicted octanol–water partition coefficient (Wildman–Crippen LogP) is 5.49. The second-order valence-corrected chi connectivity index (χ2v) is 9.75. The Bertz CT molecular complexity index is 1560. The van der Waals surface area contributed by atoms with E-state index in [0.29, 0.717) is 23.6 Å². The van der Waals surface area contributed by atoms with Gasteiger partial charge in [0.25, 0.3) is 0 Å². The number of halogens is 4. The van der Waals surface area contributed by atoms with Gasteiger partial charge in [0.2, 0.25) is 0 Å². The van der Waals surface area contributed by atoms with Crippen LogP contribution in [-0.2, 0) is 19.1 Å². The summed E-state index contributed by atoms with van der Waals surface area (Å²) in [4.78, 5) is 14.8. The van der Waals surface area contributed by atoms with E-state index in [9.17, 15) is 13.2 Å². The van der Waals surface area contributed by atoms with E-state index >= 15 is 0 Å². The summed E-state index contributed by atoms with van der Waals surface area (Å²) in [5.41, 5.74) is 2.96. The Kier molecular flexibility index (Phi) is 4.47. The predicted molar refractivity (Wildman–Crippen MR) is 119 cm³/mol. The molecule has 0 unspecified atom stereocenters. The molecule has 0 radical (unpaired) electrons. The van der Waals surface area contributed by atoms with E-state index in [1.54, 1.807) is 10.8 Å². The number of alkyl halides is 3. The smallest absolute Gasteiger partial charge is 0.267 e. The maximum atomic E-state index is 13.3. The highest BCUT2D eigenvalue weighted by molar-refractivity contribution is 7.26. The van der Waals surface area contributed by atoms with Crippen LogP contribution in [0.4, 0.5) is 13.2 Å². The fourth-order valence-electron chi connectivity index (χ4n) is 4.28. The van der Waals surface area contributed by atoms with Crippen LogP contribution in [0.3, 0.4) is 0 Å². The van der Waals surface area contributed by atoms with Crippen LogP contribution in [0, 0.1) is 13.8 Å². The molecule has 33 heavy (non-hydrogen) atoms. The zero-order valence-electron chi connectivity index (χ0n) is 17.6. The van der Waals surface area contributed by atoms with Gasteiger partial charge in [-0.25, -0.2) is 19.5 Å². The second kappa shape index (κ2) is 7.10. The van der Waals surface area contributed by atoms with Crippen molar-refractivity contribution in [2.45, 2.75) is 51.7 Å². The summed E-state index contributed by atoms with van der Waals surface area (Å²) >= 11 is 7.58. The quantitative estimate of drug-likeness (QED) is 0.332. The van der Waals surface area contributed by atoms with Crippen LogP contribution in [0.15, 0.2) is 12.4 Å². The number of aromatic nitrogens is 7. The first-order chi connectivity index (χ1) is 15.7. The van der Waals surface area contributed by atoms with Crippen molar-refractivity contribution in [3.63, 3.8) is 0 Å². The molecular formula is C21H17ClF3N7S. The Labute approximate surface area is 194 Å². The molecule has 1 aliphatic carbocycles. The number of aryl methyl sites for hydroxylation is 4. The minimum atomic E-state index is -4.59. The van der Waals surface area contributed by atoms with Gasteiger partial charge in [-0.3, -0.25) is 4.68 Å². The van der Waals surface area contributed by atoms with Crippen LogP contribution in [0.5, 0.6) is 0 Å². The molecule has 0 bridgehead atoms. The van der Waals surface area contributed by atoms with Crippen LogP contribution in [0.2, 0.25) is 5.02 Å². The molecule has 1 fully saturated rings. The number of pyridine rings is 1. The van der Waals surface area contributed by atoms with E-state index in [4.69, 9.17) is 11.6 Å². The van der Waals surface area contributed by atoms with Gasteiger partial charge >= 0.3 is 6.18 Å². The monoisotopic (exact) mass is 491 g/mol. The minimum absolute atomic E-state index is 0.0247. The van der Waals surface area contributed by atoms with Crippen molar-refractivity contribution >= 4 is 49.0 Å². The number of rotatable bonds is 4. The highest BCUT2D eigenvalue weighted by atomic mass is 35.5. The second-order valence-electron chi connectivity index (χ2n) is 8.37. The first kappa shape index (κ1) is 20.8. The summed E-state index contributed by atoms with van der Waals surface area (Å²) in [6.45, 7) is 4.20. The van der Waals surface area contributed by atoms with Crippen molar-refractivity contribution < 1.29 is 13.2 Å². The van der Waals surface area contributed by atoms with Gasteiger partial charge in [0, 0.05) is 30.0 Å². The molecule has 0 N–H and O–H groups in total. The average Bonchev–Trinajstić information content (AvgIpc) is 3.21. The van der Waals surface area contributed by atoms with Gasteiger partial charge in [0.1, 0.15) is 15.9 Å². The third-order valence-electron chi connectivity index (χ3n) is 5.85. The molecule has 5 aromatic rings. The fourth-order valence-corrected chi connectivity index (χ4v) is 5.90. The van der Waals surface area contributed by atoms with Crippen molar-refractivity contribution in [3.05, 3.63) is 45.9 Å². The molecular weight excluding hydrogens is 475 g/mol.